The SMILES string of the molecule is Cc1ccc2c(c1)CCN2C(=O)CCC[C@H]1CC[C@H]2[C@@H]3[C@H](O)C[C@@H]4C[C@H](O)CC[C@]4(C)[C@H]3C[C@H](O)[C@]12C. The van der Waals surface area contributed by atoms with E-state index in [1.54, 1.807) is 0 Å². The van der Waals surface area contributed by atoms with Crippen LogP contribution in [0.2, 0.25) is 0 Å². The average molecular weight is 510 g/mol. The van der Waals surface area contributed by atoms with Crippen LogP contribution in [0.3, 0.4) is 0 Å². The summed E-state index contributed by atoms with van der Waals surface area (Å²) in [5.41, 5.74) is 3.55. The highest BCUT2D eigenvalue weighted by molar-refractivity contribution is 5.95. The molecule has 0 bridgehead atoms. The van der Waals surface area contributed by atoms with E-state index in [2.05, 4.69) is 39.0 Å². The topological polar surface area (TPSA) is 81.0 Å². The van der Waals surface area contributed by atoms with Gasteiger partial charge in [0.25, 0.3) is 0 Å². The van der Waals surface area contributed by atoms with E-state index in [1.165, 1.54) is 11.1 Å². The number of aryl methyl sites for hydroxylation is 1. The molecule has 4 saturated carbocycles. The van der Waals surface area contributed by atoms with E-state index >= 15 is 0 Å². The molecule has 1 heterocycles. The first-order valence-electron chi connectivity index (χ1n) is 15.1. The number of aliphatic hydroxyl groups is 3. The molecule has 6 rings (SSSR count). The third-order valence-electron chi connectivity index (χ3n) is 12.3. The number of rotatable bonds is 4. The normalized spacial score (nSPS) is 44.6. The summed E-state index contributed by atoms with van der Waals surface area (Å²) >= 11 is 0. The quantitative estimate of drug-likeness (QED) is 0.533. The molecule has 4 aliphatic carbocycles. The first-order chi connectivity index (χ1) is 17.6. The number of amides is 1. The van der Waals surface area contributed by atoms with Crippen molar-refractivity contribution in [3.8, 4) is 0 Å². The summed E-state index contributed by atoms with van der Waals surface area (Å²) < 4.78 is 0. The standard InChI is InChI=1S/C32H47NO4/c1-19-7-10-26-20(15-19)12-14-33(26)29(37)6-4-5-21-8-9-24-30-25(18-28(36)32(21,24)3)31(2)13-11-23(34)16-22(31)17-27(30)35/h7,10,15,21-25,27-28,30,34-36H,4-6,8-9,11-14,16-18H2,1-3H3/t21-,22-,23+,24-,25-,27+,28-,30-,31-,32+/m0/s1. The molecule has 204 valence electrons. The van der Waals surface area contributed by atoms with Crippen molar-refractivity contribution in [2.75, 3.05) is 11.4 Å². The van der Waals surface area contributed by atoms with Crippen LogP contribution in [0.5, 0.6) is 0 Å². The van der Waals surface area contributed by atoms with E-state index in [0.717, 1.165) is 76.4 Å². The number of carbonyl (C=O) groups excluding carboxylic acids is 1. The van der Waals surface area contributed by atoms with Crippen molar-refractivity contribution < 1.29 is 20.1 Å². The Labute approximate surface area is 222 Å². The molecule has 3 N–H and O–H groups in total. The van der Waals surface area contributed by atoms with Crippen molar-refractivity contribution in [3.63, 3.8) is 0 Å². The van der Waals surface area contributed by atoms with Crippen molar-refractivity contribution in [2.45, 2.75) is 110 Å². The van der Waals surface area contributed by atoms with E-state index in [9.17, 15) is 20.1 Å². The molecule has 0 saturated heterocycles. The average Bonchev–Trinajstić information content (AvgIpc) is 3.42. The van der Waals surface area contributed by atoms with Gasteiger partial charge in [-0.1, -0.05) is 31.5 Å². The fourth-order valence-corrected chi connectivity index (χ4v) is 10.2. The number of aliphatic hydroxyl groups excluding tert-OH is 3. The van der Waals surface area contributed by atoms with Gasteiger partial charge in [-0.05, 0) is 123 Å². The van der Waals surface area contributed by atoms with Crippen LogP contribution in [0.15, 0.2) is 18.2 Å². The van der Waals surface area contributed by atoms with Gasteiger partial charge in [-0.15, -0.1) is 0 Å². The molecule has 5 nitrogen and oxygen atoms in total. The van der Waals surface area contributed by atoms with E-state index in [4.69, 9.17) is 0 Å². The van der Waals surface area contributed by atoms with Crippen molar-refractivity contribution in [3.05, 3.63) is 29.3 Å². The van der Waals surface area contributed by atoms with E-state index in [-0.39, 0.29) is 41.0 Å². The monoisotopic (exact) mass is 509 g/mol. The van der Waals surface area contributed by atoms with Crippen LogP contribution in [-0.4, -0.2) is 46.1 Å². The lowest BCUT2D eigenvalue weighted by atomic mass is 9.43. The molecule has 1 aliphatic heterocycles. The Morgan fingerprint density at radius 1 is 1.05 bits per heavy atom. The number of carbonyl (C=O) groups is 1. The van der Waals surface area contributed by atoms with Crippen LogP contribution in [0.25, 0.3) is 0 Å². The van der Waals surface area contributed by atoms with Gasteiger partial charge in [0, 0.05) is 18.7 Å². The van der Waals surface area contributed by atoms with Gasteiger partial charge in [0.2, 0.25) is 5.91 Å². The number of benzene rings is 1. The minimum atomic E-state index is -0.356. The Morgan fingerprint density at radius 3 is 2.68 bits per heavy atom. The van der Waals surface area contributed by atoms with Gasteiger partial charge < -0.3 is 20.2 Å². The number of nitrogens with zero attached hydrogens (tertiary/aromatic N) is 1. The zero-order valence-corrected chi connectivity index (χ0v) is 23.0. The highest BCUT2D eigenvalue weighted by atomic mass is 16.3. The summed E-state index contributed by atoms with van der Waals surface area (Å²) in [5, 5.41) is 33.4. The molecule has 5 heteroatoms. The summed E-state index contributed by atoms with van der Waals surface area (Å²) in [6.45, 7) is 7.57. The van der Waals surface area contributed by atoms with Gasteiger partial charge in [-0.3, -0.25) is 4.79 Å². The van der Waals surface area contributed by atoms with Gasteiger partial charge in [0.15, 0.2) is 0 Å². The second-order valence-electron chi connectivity index (χ2n) is 13.9. The number of fused-ring (bicyclic) bond motifs is 6. The van der Waals surface area contributed by atoms with Crippen LogP contribution in [0.4, 0.5) is 5.69 Å². The van der Waals surface area contributed by atoms with Crippen LogP contribution in [0, 0.1) is 47.3 Å². The van der Waals surface area contributed by atoms with Crippen LogP contribution >= 0.6 is 0 Å². The summed E-state index contributed by atoms with van der Waals surface area (Å²) in [7, 11) is 0. The molecule has 37 heavy (non-hydrogen) atoms. The number of hydrogen-bond donors (Lipinski definition) is 3. The van der Waals surface area contributed by atoms with Crippen molar-refractivity contribution in [2.24, 2.45) is 40.4 Å². The molecule has 1 aromatic carbocycles. The molecular formula is C32H47NO4. The number of hydrogen-bond acceptors (Lipinski definition) is 4. The molecule has 0 unspecified atom stereocenters. The molecule has 0 radical (unpaired) electrons. The third-order valence-corrected chi connectivity index (χ3v) is 12.3. The third kappa shape index (κ3) is 4.02. The first-order valence-corrected chi connectivity index (χ1v) is 15.1. The summed E-state index contributed by atoms with van der Waals surface area (Å²) in [6.07, 6.45) is 8.83. The lowest BCUT2D eigenvalue weighted by Crippen LogP contribution is -2.62. The molecule has 1 aromatic rings. The van der Waals surface area contributed by atoms with Crippen molar-refractivity contribution in [1.82, 2.24) is 0 Å². The van der Waals surface area contributed by atoms with Gasteiger partial charge in [-0.25, -0.2) is 0 Å². The zero-order chi connectivity index (χ0) is 26.1. The highest BCUT2D eigenvalue weighted by Gasteiger charge is 2.65. The van der Waals surface area contributed by atoms with Crippen LogP contribution in [-0.2, 0) is 11.2 Å². The lowest BCUT2D eigenvalue weighted by Gasteiger charge is -2.63. The zero-order valence-electron chi connectivity index (χ0n) is 23.0. The largest absolute Gasteiger partial charge is 0.393 e. The van der Waals surface area contributed by atoms with Crippen LogP contribution < -0.4 is 4.90 Å². The van der Waals surface area contributed by atoms with Gasteiger partial charge in [0.05, 0.1) is 18.3 Å². The summed E-state index contributed by atoms with van der Waals surface area (Å²) in [5.74, 6) is 1.91. The molecule has 0 spiro atoms. The Morgan fingerprint density at radius 2 is 1.86 bits per heavy atom. The van der Waals surface area contributed by atoms with Crippen LogP contribution in [0.1, 0.15) is 89.2 Å². The molecular weight excluding hydrogens is 462 g/mol. The fraction of sp³-hybridized carbons (Fsp3) is 0.781. The molecule has 0 aromatic heterocycles. The smallest absolute Gasteiger partial charge is 0.226 e. The van der Waals surface area contributed by atoms with Gasteiger partial charge in [0.1, 0.15) is 0 Å². The Balaban J connectivity index is 1.13. The lowest BCUT2D eigenvalue weighted by molar-refractivity contribution is -0.204. The maximum absolute atomic E-state index is 13.1. The van der Waals surface area contributed by atoms with Gasteiger partial charge >= 0.3 is 0 Å². The summed E-state index contributed by atoms with van der Waals surface area (Å²) in [4.78, 5) is 15.1. The molecule has 4 fully saturated rings. The second kappa shape index (κ2) is 9.34. The van der Waals surface area contributed by atoms with Gasteiger partial charge in [-0.2, -0.15) is 0 Å². The Bertz CT molecular complexity index is 1040. The van der Waals surface area contributed by atoms with E-state index < -0.39 is 0 Å². The van der Waals surface area contributed by atoms with E-state index in [0.29, 0.717) is 30.1 Å². The van der Waals surface area contributed by atoms with Crippen molar-refractivity contribution in [1.29, 1.82) is 0 Å². The predicted octanol–water partition coefficient (Wildman–Crippen LogP) is 5.02. The minimum Gasteiger partial charge on any atom is -0.393 e. The predicted molar refractivity (Wildman–Crippen MR) is 145 cm³/mol. The summed E-state index contributed by atoms with van der Waals surface area (Å²) in [6, 6.07) is 6.40. The molecule has 10 atom stereocenters. The maximum atomic E-state index is 13.1. The molecule has 5 aliphatic rings. The maximum Gasteiger partial charge on any atom is 0.226 e. The Hall–Kier alpha value is -1.43. The Kier molecular flexibility index (Phi) is 6.52. The van der Waals surface area contributed by atoms with E-state index in [1.807, 2.05) is 4.90 Å². The number of anilines is 1. The molecule has 1 amide bonds. The second-order valence-corrected chi connectivity index (χ2v) is 13.9. The minimum absolute atomic E-state index is 0.112. The highest BCUT2D eigenvalue weighted by Crippen LogP contribution is 2.67. The fourth-order valence-electron chi connectivity index (χ4n) is 10.2. The van der Waals surface area contributed by atoms with Crippen molar-refractivity contribution >= 4 is 11.6 Å². The first kappa shape index (κ1) is 25.8.